The number of hydrogen-bond acceptors (Lipinski definition) is 5. The van der Waals surface area contributed by atoms with Crippen molar-refractivity contribution in [2.24, 2.45) is 0 Å². The summed E-state index contributed by atoms with van der Waals surface area (Å²) in [6.45, 7) is 3.00. The topological polar surface area (TPSA) is 102 Å². The summed E-state index contributed by atoms with van der Waals surface area (Å²) in [5.74, 6) is -0.0572. The molecule has 3 N–H and O–H groups in total. The first-order chi connectivity index (χ1) is 8.50. The van der Waals surface area contributed by atoms with Gasteiger partial charge in [0, 0.05) is 24.8 Å². The number of nitrogens with two attached hydrogens (primary N) is 1. The van der Waals surface area contributed by atoms with E-state index in [-0.39, 0.29) is 23.3 Å². The molecular weight excluding hydrogens is 236 g/mol. The van der Waals surface area contributed by atoms with E-state index in [2.05, 4.69) is 5.32 Å². The third-order valence-electron chi connectivity index (χ3n) is 3.04. The Morgan fingerprint density at radius 3 is 2.89 bits per heavy atom. The molecule has 1 aromatic carbocycles. The van der Waals surface area contributed by atoms with Crippen molar-refractivity contribution in [2.75, 3.05) is 23.7 Å². The van der Waals surface area contributed by atoms with Gasteiger partial charge in [-0.2, -0.15) is 0 Å². The number of anilines is 2. The molecule has 0 radical (unpaired) electrons. The Bertz CT molecular complexity index is 503. The third kappa shape index (κ3) is 2.06. The highest BCUT2D eigenvalue weighted by Gasteiger charge is 2.26. The normalized spacial score (nSPS) is 19.5. The molecule has 1 saturated heterocycles. The zero-order chi connectivity index (χ0) is 13.3. The van der Waals surface area contributed by atoms with Gasteiger partial charge < -0.3 is 16.0 Å². The molecule has 0 bridgehead atoms. The lowest BCUT2D eigenvalue weighted by atomic mass is 10.1. The lowest BCUT2D eigenvalue weighted by Crippen LogP contribution is -2.54. The number of benzene rings is 1. The molecule has 0 aromatic heterocycles. The number of hydrogen-bond donors (Lipinski definition) is 2. The highest BCUT2D eigenvalue weighted by molar-refractivity contribution is 5.86. The molecule has 0 spiro atoms. The Balaban J connectivity index is 2.31. The molecule has 0 aliphatic carbocycles. The van der Waals surface area contributed by atoms with Crippen LogP contribution in [-0.2, 0) is 4.79 Å². The van der Waals surface area contributed by atoms with Gasteiger partial charge in [-0.1, -0.05) is 0 Å². The van der Waals surface area contributed by atoms with Gasteiger partial charge in [-0.05, 0) is 19.1 Å². The van der Waals surface area contributed by atoms with Crippen LogP contribution < -0.4 is 16.0 Å². The van der Waals surface area contributed by atoms with Crippen LogP contribution in [0.5, 0.6) is 0 Å². The summed E-state index contributed by atoms with van der Waals surface area (Å²) in [6, 6.07) is 4.21. The fourth-order valence-electron chi connectivity index (χ4n) is 2.02. The predicted octanol–water partition coefficient (Wildman–Crippen LogP) is 0.502. The molecule has 1 heterocycles. The Kier molecular flexibility index (Phi) is 3.05. The molecular formula is C11H14N4O3. The number of amides is 1. The van der Waals surface area contributed by atoms with Crippen LogP contribution in [0.4, 0.5) is 17.1 Å². The van der Waals surface area contributed by atoms with Crippen LogP contribution >= 0.6 is 0 Å². The van der Waals surface area contributed by atoms with E-state index in [9.17, 15) is 14.9 Å². The summed E-state index contributed by atoms with van der Waals surface area (Å²) in [5, 5.41) is 13.4. The number of nitrogen functional groups attached to an aromatic ring is 1. The monoisotopic (exact) mass is 250 g/mol. The molecule has 1 aliphatic rings. The van der Waals surface area contributed by atoms with Gasteiger partial charge >= 0.3 is 0 Å². The predicted molar refractivity (Wildman–Crippen MR) is 67.3 cm³/mol. The highest BCUT2D eigenvalue weighted by atomic mass is 16.6. The molecule has 1 fully saturated rings. The maximum Gasteiger partial charge on any atom is 0.292 e. The van der Waals surface area contributed by atoms with Crippen LogP contribution in [0.2, 0.25) is 0 Å². The van der Waals surface area contributed by atoms with Crippen molar-refractivity contribution in [3.05, 3.63) is 28.3 Å². The second-order valence-electron chi connectivity index (χ2n) is 4.16. The van der Waals surface area contributed by atoms with Gasteiger partial charge in [0.2, 0.25) is 5.91 Å². The lowest BCUT2D eigenvalue weighted by Gasteiger charge is -2.34. The van der Waals surface area contributed by atoms with Crippen molar-refractivity contribution in [3.8, 4) is 0 Å². The average molecular weight is 250 g/mol. The van der Waals surface area contributed by atoms with Gasteiger partial charge in [0.1, 0.15) is 11.7 Å². The highest BCUT2D eigenvalue weighted by Crippen LogP contribution is 2.28. The van der Waals surface area contributed by atoms with Gasteiger partial charge in [0.25, 0.3) is 5.69 Å². The number of nitro groups is 1. The van der Waals surface area contributed by atoms with E-state index in [0.717, 1.165) is 5.69 Å². The molecule has 96 valence electrons. The van der Waals surface area contributed by atoms with Crippen LogP contribution in [-0.4, -0.2) is 30.0 Å². The van der Waals surface area contributed by atoms with Gasteiger partial charge in [0.15, 0.2) is 0 Å². The zero-order valence-corrected chi connectivity index (χ0v) is 9.92. The van der Waals surface area contributed by atoms with E-state index >= 15 is 0 Å². The van der Waals surface area contributed by atoms with Crippen LogP contribution in [0.1, 0.15) is 6.92 Å². The number of rotatable bonds is 2. The Hall–Kier alpha value is -2.31. The average Bonchev–Trinajstić information content (AvgIpc) is 2.32. The van der Waals surface area contributed by atoms with Crippen molar-refractivity contribution in [1.82, 2.24) is 5.32 Å². The quantitative estimate of drug-likeness (QED) is 0.452. The van der Waals surface area contributed by atoms with Crippen LogP contribution in [0.15, 0.2) is 18.2 Å². The SMILES string of the molecule is CC1C(=O)NCCN1c1ccc([N+](=O)[O-])c(N)c1. The molecule has 1 unspecified atom stereocenters. The van der Waals surface area contributed by atoms with Gasteiger partial charge in [-0.25, -0.2) is 0 Å². The number of nitrogens with one attached hydrogen (secondary N) is 1. The Labute approximate surface area is 104 Å². The van der Waals surface area contributed by atoms with E-state index in [1.54, 1.807) is 13.0 Å². The molecule has 1 aromatic rings. The first kappa shape index (κ1) is 12.2. The second kappa shape index (κ2) is 4.52. The maximum absolute atomic E-state index is 11.5. The first-order valence-corrected chi connectivity index (χ1v) is 5.59. The third-order valence-corrected chi connectivity index (χ3v) is 3.04. The van der Waals surface area contributed by atoms with Crippen molar-refractivity contribution in [2.45, 2.75) is 13.0 Å². The summed E-state index contributed by atoms with van der Waals surface area (Å²) < 4.78 is 0. The number of piperazine rings is 1. The van der Waals surface area contributed by atoms with E-state index < -0.39 is 4.92 Å². The van der Waals surface area contributed by atoms with Gasteiger partial charge in [-0.15, -0.1) is 0 Å². The minimum absolute atomic E-state index is 0.0572. The Morgan fingerprint density at radius 1 is 1.56 bits per heavy atom. The molecule has 0 saturated carbocycles. The fourth-order valence-corrected chi connectivity index (χ4v) is 2.02. The summed E-state index contributed by atoms with van der Waals surface area (Å²) in [7, 11) is 0. The van der Waals surface area contributed by atoms with Crippen molar-refractivity contribution in [1.29, 1.82) is 0 Å². The molecule has 7 nitrogen and oxygen atoms in total. The van der Waals surface area contributed by atoms with Crippen molar-refractivity contribution < 1.29 is 9.72 Å². The van der Waals surface area contributed by atoms with E-state index in [1.807, 2.05) is 4.90 Å². The molecule has 18 heavy (non-hydrogen) atoms. The van der Waals surface area contributed by atoms with Crippen LogP contribution in [0.3, 0.4) is 0 Å². The lowest BCUT2D eigenvalue weighted by molar-refractivity contribution is -0.383. The first-order valence-electron chi connectivity index (χ1n) is 5.59. The summed E-state index contributed by atoms with van der Waals surface area (Å²) in [4.78, 5) is 23.6. The maximum atomic E-state index is 11.5. The second-order valence-corrected chi connectivity index (χ2v) is 4.16. The van der Waals surface area contributed by atoms with Gasteiger partial charge in [0.05, 0.1) is 4.92 Å². The molecule has 1 amide bonds. The number of nitrogens with zero attached hydrogens (tertiary/aromatic N) is 2. The minimum atomic E-state index is -0.522. The van der Waals surface area contributed by atoms with E-state index in [1.165, 1.54) is 12.1 Å². The molecule has 2 rings (SSSR count). The standard InChI is InChI=1S/C11H14N4O3/c1-7-11(16)13-4-5-14(7)8-2-3-10(15(17)18)9(12)6-8/h2-3,6-7H,4-5,12H2,1H3,(H,13,16). The van der Waals surface area contributed by atoms with E-state index in [4.69, 9.17) is 5.73 Å². The van der Waals surface area contributed by atoms with E-state index in [0.29, 0.717) is 13.1 Å². The van der Waals surface area contributed by atoms with Crippen molar-refractivity contribution >= 4 is 23.0 Å². The van der Waals surface area contributed by atoms with Crippen LogP contribution in [0, 0.1) is 10.1 Å². The minimum Gasteiger partial charge on any atom is -0.393 e. The van der Waals surface area contributed by atoms with Gasteiger partial charge in [-0.3, -0.25) is 14.9 Å². The smallest absolute Gasteiger partial charge is 0.292 e. The Morgan fingerprint density at radius 2 is 2.28 bits per heavy atom. The number of carbonyl (C=O) groups excluding carboxylic acids is 1. The van der Waals surface area contributed by atoms with Crippen molar-refractivity contribution in [3.63, 3.8) is 0 Å². The number of nitro benzene ring substituents is 1. The zero-order valence-electron chi connectivity index (χ0n) is 9.92. The molecule has 1 atom stereocenters. The number of carbonyl (C=O) groups is 1. The summed E-state index contributed by atoms with van der Waals surface area (Å²) >= 11 is 0. The molecule has 1 aliphatic heterocycles. The summed E-state index contributed by atoms with van der Waals surface area (Å²) in [6.07, 6.45) is 0. The largest absolute Gasteiger partial charge is 0.393 e. The van der Waals surface area contributed by atoms with Crippen LogP contribution in [0.25, 0.3) is 0 Å². The molecule has 7 heteroatoms. The summed E-state index contributed by atoms with van der Waals surface area (Å²) in [5.41, 5.74) is 6.35. The fraction of sp³-hybridized carbons (Fsp3) is 0.364.